The van der Waals surface area contributed by atoms with Gasteiger partial charge in [0.1, 0.15) is 5.75 Å². The number of benzene rings is 1. The molecule has 3 aliphatic heterocycles. The molecule has 5 nitrogen and oxygen atoms in total. The van der Waals surface area contributed by atoms with E-state index in [-0.39, 0.29) is 5.91 Å². The highest BCUT2D eigenvalue weighted by Gasteiger charge is 2.31. The molecule has 1 aromatic carbocycles. The van der Waals surface area contributed by atoms with Crippen LogP contribution in [0.25, 0.3) is 0 Å². The summed E-state index contributed by atoms with van der Waals surface area (Å²) in [5, 5.41) is 0. The third kappa shape index (κ3) is 5.06. The van der Waals surface area contributed by atoms with Gasteiger partial charge in [-0.1, -0.05) is 6.07 Å². The number of carbonyl (C=O) groups excluding carboxylic acids is 1. The van der Waals surface area contributed by atoms with Gasteiger partial charge in [-0.05, 0) is 89.3 Å². The van der Waals surface area contributed by atoms with E-state index < -0.39 is 0 Å². The van der Waals surface area contributed by atoms with Gasteiger partial charge in [0.05, 0.1) is 6.61 Å². The van der Waals surface area contributed by atoms with E-state index in [1.165, 1.54) is 51.9 Å². The maximum Gasteiger partial charge on any atom is 0.254 e. The van der Waals surface area contributed by atoms with E-state index >= 15 is 0 Å². The molecule has 3 aliphatic rings. The minimum absolute atomic E-state index is 0.171. The Morgan fingerprint density at radius 2 is 1.71 bits per heavy atom. The van der Waals surface area contributed by atoms with Gasteiger partial charge in [-0.2, -0.15) is 0 Å². The SMILES string of the molecule is O=C(c1cccc(OCCCN2CCCC2)c1)N1CCC[C@H]1CN1CCCC1. The number of likely N-dealkylation sites (tertiary alicyclic amines) is 3. The van der Waals surface area contributed by atoms with E-state index in [1.54, 1.807) is 0 Å². The Morgan fingerprint density at radius 3 is 2.50 bits per heavy atom. The van der Waals surface area contributed by atoms with Crippen LogP contribution in [0.15, 0.2) is 24.3 Å². The molecule has 1 amide bonds. The molecule has 3 heterocycles. The predicted molar refractivity (Wildman–Crippen MR) is 112 cm³/mol. The molecule has 5 heteroatoms. The van der Waals surface area contributed by atoms with Crippen LogP contribution in [0.2, 0.25) is 0 Å². The van der Waals surface area contributed by atoms with Gasteiger partial charge in [0.25, 0.3) is 5.91 Å². The second-order valence-corrected chi connectivity index (χ2v) is 8.58. The van der Waals surface area contributed by atoms with E-state index in [9.17, 15) is 4.79 Å². The highest BCUT2D eigenvalue weighted by Crippen LogP contribution is 2.24. The topological polar surface area (TPSA) is 36.0 Å². The van der Waals surface area contributed by atoms with Crippen LogP contribution >= 0.6 is 0 Å². The van der Waals surface area contributed by atoms with Gasteiger partial charge in [0, 0.05) is 31.2 Å². The quantitative estimate of drug-likeness (QED) is 0.644. The van der Waals surface area contributed by atoms with Crippen LogP contribution in [0.3, 0.4) is 0 Å². The van der Waals surface area contributed by atoms with E-state index in [4.69, 9.17) is 4.74 Å². The average Bonchev–Trinajstić information content (AvgIpc) is 3.48. The number of hydrogen-bond acceptors (Lipinski definition) is 4. The van der Waals surface area contributed by atoms with Gasteiger partial charge < -0.3 is 19.4 Å². The Labute approximate surface area is 169 Å². The van der Waals surface area contributed by atoms with Crippen molar-refractivity contribution in [2.75, 3.05) is 52.4 Å². The van der Waals surface area contributed by atoms with Crippen molar-refractivity contribution in [3.8, 4) is 5.75 Å². The zero-order chi connectivity index (χ0) is 19.2. The Balaban J connectivity index is 1.29. The second kappa shape index (κ2) is 9.75. The lowest BCUT2D eigenvalue weighted by Crippen LogP contribution is -2.42. The summed E-state index contributed by atoms with van der Waals surface area (Å²) in [7, 11) is 0. The number of ether oxygens (including phenoxy) is 1. The van der Waals surface area contributed by atoms with Crippen molar-refractivity contribution in [1.29, 1.82) is 0 Å². The summed E-state index contributed by atoms with van der Waals surface area (Å²) in [5.74, 6) is 0.992. The predicted octanol–water partition coefficient (Wildman–Crippen LogP) is 3.25. The lowest BCUT2D eigenvalue weighted by molar-refractivity contribution is 0.0708. The molecule has 0 radical (unpaired) electrons. The third-order valence-corrected chi connectivity index (χ3v) is 6.47. The smallest absolute Gasteiger partial charge is 0.254 e. The first kappa shape index (κ1) is 19.7. The highest BCUT2D eigenvalue weighted by atomic mass is 16.5. The van der Waals surface area contributed by atoms with Gasteiger partial charge >= 0.3 is 0 Å². The van der Waals surface area contributed by atoms with Crippen LogP contribution in [0.1, 0.15) is 55.3 Å². The largest absolute Gasteiger partial charge is 0.494 e. The molecule has 0 aliphatic carbocycles. The summed E-state index contributed by atoms with van der Waals surface area (Å²) in [6.07, 6.45) is 8.57. The summed E-state index contributed by atoms with van der Waals surface area (Å²) in [6, 6.07) is 8.16. The molecule has 3 saturated heterocycles. The zero-order valence-corrected chi connectivity index (χ0v) is 17.2. The highest BCUT2D eigenvalue weighted by molar-refractivity contribution is 5.95. The van der Waals surface area contributed by atoms with E-state index in [2.05, 4.69) is 14.7 Å². The molecule has 0 saturated carbocycles. The molecule has 4 rings (SSSR count). The Kier molecular flexibility index (Phi) is 6.86. The van der Waals surface area contributed by atoms with Crippen molar-refractivity contribution in [1.82, 2.24) is 14.7 Å². The molecule has 0 spiro atoms. The first-order valence-electron chi connectivity index (χ1n) is 11.3. The summed E-state index contributed by atoms with van der Waals surface area (Å²) in [5.41, 5.74) is 0.769. The van der Waals surface area contributed by atoms with Crippen molar-refractivity contribution >= 4 is 5.91 Å². The fourth-order valence-corrected chi connectivity index (χ4v) is 4.93. The molecular formula is C23H35N3O2. The van der Waals surface area contributed by atoms with E-state index in [0.717, 1.165) is 56.8 Å². The number of amides is 1. The van der Waals surface area contributed by atoms with Crippen LogP contribution < -0.4 is 4.74 Å². The molecule has 0 aromatic heterocycles. The monoisotopic (exact) mass is 385 g/mol. The molecule has 1 atom stereocenters. The normalized spacial score (nSPS) is 23.6. The minimum atomic E-state index is 0.171. The van der Waals surface area contributed by atoms with Crippen LogP contribution in [0.4, 0.5) is 0 Å². The maximum absolute atomic E-state index is 13.1. The minimum Gasteiger partial charge on any atom is -0.494 e. The van der Waals surface area contributed by atoms with Crippen molar-refractivity contribution in [2.24, 2.45) is 0 Å². The molecule has 0 bridgehead atoms. The third-order valence-electron chi connectivity index (χ3n) is 6.47. The van der Waals surface area contributed by atoms with Crippen LogP contribution in [-0.4, -0.2) is 79.1 Å². The van der Waals surface area contributed by atoms with Crippen molar-refractivity contribution in [3.05, 3.63) is 29.8 Å². The summed E-state index contributed by atoms with van der Waals surface area (Å²) in [4.78, 5) is 20.3. The fraction of sp³-hybridized carbons (Fsp3) is 0.696. The number of rotatable bonds is 8. The van der Waals surface area contributed by atoms with Crippen LogP contribution in [0, 0.1) is 0 Å². The lowest BCUT2D eigenvalue weighted by Gasteiger charge is -2.28. The van der Waals surface area contributed by atoms with Crippen LogP contribution in [0.5, 0.6) is 5.75 Å². The number of carbonyl (C=O) groups is 1. The van der Waals surface area contributed by atoms with Gasteiger partial charge in [-0.25, -0.2) is 0 Å². The Hall–Kier alpha value is -1.59. The fourth-order valence-electron chi connectivity index (χ4n) is 4.93. The van der Waals surface area contributed by atoms with E-state index in [1.807, 2.05) is 24.3 Å². The standard InChI is InChI=1S/C23H35N3O2/c27-23(26-16-6-9-21(26)19-25-13-3-4-14-25)20-8-5-10-22(18-20)28-17-7-15-24-11-1-2-12-24/h5,8,10,18,21H,1-4,6-7,9,11-17,19H2/t21-/m0/s1. The summed E-state index contributed by atoms with van der Waals surface area (Å²) >= 11 is 0. The van der Waals surface area contributed by atoms with Crippen molar-refractivity contribution < 1.29 is 9.53 Å². The molecule has 28 heavy (non-hydrogen) atoms. The van der Waals surface area contributed by atoms with Crippen molar-refractivity contribution in [2.45, 2.75) is 51.0 Å². The van der Waals surface area contributed by atoms with Gasteiger partial charge in [0.15, 0.2) is 0 Å². The van der Waals surface area contributed by atoms with Gasteiger partial charge in [-0.15, -0.1) is 0 Å². The first-order chi connectivity index (χ1) is 13.8. The van der Waals surface area contributed by atoms with Gasteiger partial charge in [0.2, 0.25) is 0 Å². The number of hydrogen-bond donors (Lipinski definition) is 0. The number of nitrogens with zero attached hydrogens (tertiary/aromatic N) is 3. The Morgan fingerprint density at radius 1 is 0.964 bits per heavy atom. The maximum atomic E-state index is 13.1. The van der Waals surface area contributed by atoms with Crippen LogP contribution in [-0.2, 0) is 0 Å². The molecule has 0 unspecified atom stereocenters. The summed E-state index contributed by atoms with van der Waals surface area (Å²) < 4.78 is 5.95. The summed E-state index contributed by atoms with van der Waals surface area (Å²) in [6.45, 7) is 8.62. The first-order valence-corrected chi connectivity index (χ1v) is 11.3. The van der Waals surface area contributed by atoms with E-state index in [0.29, 0.717) is 6.04 Å². The lowest BCUT2D eigenvalue weighted by atomic mass is 10.1. The molecule has 1 aromatic rings. The van der Waals surface area contributed by atoms with Gasteiger partial charge in [-0.3, -0.25) is 4.79 Å². The van der Waals surface area contributed by atoms with Crippen molar-refractivity contribution in [3.63, 3.8) is 0 Å². The second-order valence-electron chi connectivity index (χ2n) is 8.58. The zero-order valence-electron chi connectivity index (χ0n) is 17.2. The molecular weight excluding hydrogens is 350 g/mol. The average molecular weight is 386 g/mol. The molecule has 0 N–H and O–H groups in total. The molecule has 3 fully saturated rings. The molecule has 154 valence electrons. The Bertz CT molecular complexity index is 638.